The fourth-order valence-corrected chi connectivity index (χ4v) is 2.52. The van der Waals surface area contributed by atoms with Gasteiger partial charge in [0.25, 0.3) is 0 Å². The van der Waals surface area contributed by atoms with E-state index in [1.807, 2.05) is 0 Å². The van der Waals surface area contributed by atoms with Gasteiger partial charge >= 0.3 is 0 Å². The van der Waals surface area contributed by atoms with Gasteiger partial charge in [0, 0.05) is 0 Å². The Bertz CT molecular complexity index is 162. The van der Waals surface area contributed by atoms with Crippen molar-refractivity contribution in [2.24, 2.45) is 5.92 Å². The minimum atomic E-state index is 0.961. The molecule has 2 nitrogen and oxygen atoms in total. The van der Waals surface area contributed by atoms with Crippen molar-refractivity contribution in [3.05, 3.63) is 0 Å². The van der Waals surface area contributed by atoms with Gasteiger partial charge in [-0.05, 0) is 64.3 Å². The molecule has 0 aromatic carbocycles. The highest BCUT2D eigenvalue weighted by Crippen LogP contribution is 2.15. The Morgan fingerprint density at radius 2 is 1.71 bits per heavy atom. The highest BCUT2D eigenvalue weighted by molar-refractivity contribution is 4.69. The maximum atomic E-state index is 3.57. The maximum Gasteiger partial charge on any atom is -0.000664 e. The fourth-order valence-electron chi connectivity index (χ4n) is 2.52. The third-order valence-corrected chi connectivity index (χ3v) is 3.91. The van der Waals surface area contributed by atoms with E-state index in [2.05, 4.69) is 24.1 Å². The summed E-state index contributed by atoms with van der Waals surface area (Å²) in [6, 6.07) is 0. The van der Waals surface area contributed by atoms with Crippen LogP contribution in [0.5, 0.6) is 0 Å². The van der Waals surface area contributed by atoms with Crippen LogP contribution in [0.1, 0.15) is 58.8 Å². The molecule has 0 atom stereocenters. The highest BCUT2D eigenvalue weighted by Gasteiger charge is 2.14. The summed E-state index contributed by atoms with van der Waals surface area (Å²) < 4.78 is 0. The van der Waals surface area contributed by atoms with Gasteiger partial charge in [0.1, 0.15) is 0 Å². The average Bonchev–Trinajstić information content (AvgIpc) is 2.35. The van der Waals surface area contributed by atoms with Gasteiger partial charge in [-0.2, -0.15) is 0 Å². The minimum Gasteiger partial charge on any atom is -0.317 e. The van der Waals surface area contributed by atoms with E-state index >= 15 is 0 Å². The Morgan fingerprint density at radius 1 is 1.00 bits per heavy atom. The summed E-state index contributed by atoms with van der Waals surface area (Å²) in [7, 11) is 0. The van der Waals surface area contributed by atoms with Crippen molar-refractivity contribution in [2.45, 2.75) is 58.8 Å². The monoisotopic (exact) mass is 240 g/mol. The number of nitrogens with zero attached hydrogens (tertiary/aromatic N) is 1. The summed E-state index contributed by atoms with van der Waals surface area (Å²) in [4.78, 5) is 2.64. The third-order valence-electron chi connectivity index (χ3n) is 3.91. The molecule has 1 saturated heterocycles. The second kappa shape index (κ2) is 9.90. The molecule has 0 saturated carbocycles. The lowest BCUT2D eigenvalue weighted by Crippen LogP contribution is -2.34. The molecule has 1 aliphatic heterocycles. The minimum absolute atomic E-state index is 0.961. The van der Waals surface area contributed by atoms with Crippen LogP contribution in [0.25, 0.3) is 0 Å². The number of hydrogen-bond acceptors (Lipinski definition) is 2. The summed E-state index contributed by atoms with van der Waals surface area (Å²) >= 11 is 0. The van der Waals surface area contributed by atoms with Crippen LogP contribution in [-0.2, 0) is 0 Å². The molecule has 0 unspecified atom stereocenters. The Morgan fingerprint density at radius 3 is 2.41 bits per heavy atom. The predicted octanol–water partition coefficient (Wildman–Crippen LogP) is 3.28. The summed E-state index contributed by atoms with van der Waals surface area (Å²) in [6.45, 7) is 11.0. The Labute approximate surface area is 108 Å². The number of hydrogen-bond donors (Lipinski definition) is 1. The van der Waals surface area contributed by atoms with Gasteiger partial charge in [-0.25, -0.2) is 0 Å². The van der Waals surface area contributed by atoms with E-state index in [9.17, 15) is 0 Å². The van der Waals surface area contributed by atoms with Crippen LogP contribution in [0.2, 0.25) is 0 Å². The van der Waals surface area contributed by atoms with Crippen molar-refractivity contribution in [1.29, 1.82) is 0 Å². The molecule has 1 heterocycles. The smallest absolute Gasteiger partial charge is 0.000664 e. The van der Waals surface area contributed by atoms with Gasteiger partial charge < -0.3 is 10.2 Å². The first-order chi connectivity index (χ1) is 8.33. The largest absolute Gasteiger partial charge is 0.317 e. The van der Waals surface area contributed by atoms with Crippen LogP contribution in [0.4, 0.5) is 0 Å². The van der Waals surface area contributed by atoms with Crippen molar-refractivity contribution in [1.82, 2.24) is 10.2 Å². The highest BCUT2D eigenvalue weighted by atomic mass is 15.1. The molecule has 17 heavy (non-hydrogen) atoms. The normalized spacial score (nSPS) is 18.7. The second-order valence-electron chi connectivity index (χ2n) is 5.69. The van der Waals surface area contributed by atoms with Crippen molar-refractivity contribution in [3.8, 4) is 0 Å². The van der Waals surface area contributed by atoms with Crippen LogP contribution >= 0.6 is 0 Å². The Balaban J connectivity index is 1.81. The number of piperidine rings is 1. The molecule has 0 spiro atoms. The van der Waals surface area contributed by atoms with Crippen LogP contribution in [0, 0.1) is 5.92 Å². The molecule has 1 N–H and O–H groups in total. The van der Waals surface area contributed by atoms with Crippen molar-refractivity contribution in [3.63, 3.8) is 0 Å². The summed E-state index contributed by atoms with van der Waals surface area (Å²) in [5.41, 5.74) is 0. The molecule has 2 heteroatoms. The molecule has 0 aliphatic carbocycles. The zero-order valence-corrected chi connectivity index (χ0v) is 12.0. The third kappa shape index (κ3) is 7.77. The number of nitrogens with one attached hydrogen (secondary N) is 1. The first kappa shape index (κ1) is 15.0. The molecule has 1 aliphatic rings. The molecule has 102 valence electrons. The lowest BCUT2D eigenvalue weighted by Gasteiger charge is -2.30. The lowest BCUT2D eigenvalue weighted by molar-refractivity contribution is 0.190. The van der Waals surface area contributed by atoms with E-state index in [1.54, 1.807) is 0 Å². The van der Waals surface area contributed by atoms with E-state index in [4.69, 9.17) is 0 Å². The molecule has 0 radical (unpaired) electrons. The van der Waals surface area contributed by atoms with Crippen molar-refractivity contribution >= 4 is 0 Å². The number of unbranched alkanes of at least 4 members (excludes halogenated alkanes) is 3. The topological polar surface area (TPSA) is 15.3 Å². The molecule has 0 aromatic rings. The summed E-state index contributed by atoms with van der Waals surface area (Å²) in [6.07, 6.45) is 9.63. The van der Waals surface area contributed by atoms with Crippen molar-refractivity contribution < 1.29 is 0 Å². The molecular formula is C15H32N2. The van der Waals surface area contributed by atoms with Gasteiger partial charge in [0.2, 0.25) is 0 Å². The molecule has 0 bridgehead atoms. The van der Waals surface area contributed by atoms with Crippen molar-refractivity contribution in [2.75, 3.05) is 32.7 Å². The quantitative estimate of drug-likeness (QED) is 0.622. The van der Waals surface area contributed by atoms with E-state index in [0.717, 1.165) is 5.92 Å². The number of rotatable bonds is 9. The summed E-state index contributed by atoms with van der Waals surface area (Å²) in [5, 5.41) is 3.57. The first-order valence-corrected chi connectivity index (χ1v) is 7.76. The van der Waals surface area contributed by atoms with Crippen LogP contribution in [-0.4, -0.2) is 37.6 Å². The first-order valence-electron chi connectivity index (χ1n) is 7.76. The van der Waals surface area contributed by atoms with Gasteiger partial charge in [-0.3, -0.25) is 0 Å². The average molecular weight is 240 g/mol. The van der Waals surface area contributed by atoms with E-state index < -0.39 is 0 Å². The predicted molar refractivity (Wildman–Crippen MR) is 76.5 cm³/mol. The maximum absolute atomic E-state index is 3.57. The molecule has 1 fully saturated rings. The molecule has 0 amide bonds. The summed E-state index contributed by atoms with van der Waals surface area (Å²) in [5.74, 6) is 0.961. The molecule has 0 aromatic heterocycles. The standard InChI is InChI=1S/C15H32N2/c1-3-4-5-6-10-16-11-7-12-17-13-8-15(2)9-14-17/h15-16H,3-14H2,1-2H3. The van der Waals surface area contributed by atoms with Gasteiger partial charge in [-0.15, -0.1) is 0 Å². The lowest BCUT2D eigenvalue weighted by atomic mass is 9.99. The van der Waals surface area contributed by atoms with Gasteiger partial charge in [0.15, 0.2) is 0 Å². The SMILES string of the molecule is CCCCCCNCCCN1CCC(C)CC1. The zero-order valence-electron chi connectivity index (χ0n) is 12.0. The van der Waals surface area contributed by atoms with Crippen LogP contribution in [0.15, 0.2) is 0 Å². The second-order valence-corrected chi connectivity index (χ2v) is 5.69. The zero-order chi connectivity index (χ0) is 12.3. The Kier molecular flexibility index (Phi) is 8.72. The Hall–Kier alpha value is -0.0800. The fraction of sp³-hybridized carbons (Fsp3) is 1.00. The van der Waals surface area contributed by atoms with E-state index in [-0.39, 0.29) is 0 Å². The van der Waals surface area contributed by atoms with E-state index in [1.165, 1.54) is 77.7 Å². The van der Waals surface area contributed by atoms with Gasteiger partial charge in [-0.1, -0.05) is 33.1 Å². The molecular weight excluding hydrogens is 208 g/mol. The van der Waals surface area contributed by atoms with Gasteiger partial charge in [0.05, 0.1) is 0 Å². The number of likely N-dealkylation sites (tertiary alicyclic amines) is 1. The van der Waals surface area contributed by atoms with E-state index in [0.29, 0.717) is 0 Å². The van der Waals surface area contributed by atoms with Crippen LogP contribution < -0.4 is 5.32 Å². The molecule has 1 rings (SSSR count). The van der Waals surface area contributed by atoms with Crippen LogP contribution in [0.3, 0.4) is 0 Å².